The van der Waals surface area contributed by atoms with Gasteiger partial charge in [-0.3, -0.25) is 4.98 Å². The Morgan fingerprint density at radius 1 is 1.00 bits per heavy atom. The molecule has 0 spiro atoms. The Morgan fingerprint density at radius 3 is 2.54 bits per heavy atom. The Hall–Kier alpha value is -4.27. The number of anilines is 3. The van der Waals surface area contributed by atoms with Gasteiger partial charge < -0.3 is 20.9 Å². The minimum Gasteiger partial charge on any atom is -0.352 e. The second kappa shape index (κ2) is 8.83. The normalized spacial score (nSPS) is 15.9. The lowest BCUT2D eigenvalue weighted by Crippen LogP contribution is -2.50. The first kappa shape index (κ1) is 21.3. The third-order valence-electron chi connectivity index (χ3n) is 6.59. The standard InChI is InChI=1S/C26H26N8O/c27-26(35)34-12-10-33(11-13-34)25-23-20(17-6-7-17)15-28-16-21(23)31-24(32-25)18-8-9-29-22(14-18)30-19-4-2-1-3-5-19/h1-5,8-9,14-17H,6-7,10-13H2,(H2,27,35)(H,29,30). The Morgan fingerprint density at radius 2 is 1.80 bits per heavy atom. The minimum absolute atomic E-state index is 0.379. The summed E-state index contributed by atoms with van der Waals surface area (Å²) >= 11 is 0. The first-order chi connectivity index (χ1) is 17.2. The van der Waals surface area contributed by atoms with E-state index in [0.29, 0.717) is 37.9 Å². The van der Waals surface area contributed by atoms with Crippen LogP contribution in [0.3, 0.4) is 0 Å². The van der Waals surface area contributed by atoms with Gasteiger partial charge in [0.25, 0.3) is 0 Å². The highest BCUT2D eigenvalue weighted by molar-refractivity contribution is 5.94. The highest BCUT2D eigenvalue weighted by atomic mass is 16.2. The lowest BCUT2D eigenvalue weighted by Gasteiger charge is -2.35. The van der Waals surface area contributed by atoms with Gasteiger partial charge in [0.1, 0.15) is 11.6 Å². The van der Waals surface area contributed by atoms with Crippen molar-refractivity contribution in [2.45, 2.75) is 18.8 Å². The van der Waals surface area contributed by atoms with Crippen LogP contribution >= 0.6 is 0 Å². The van der Waals surface area contributed by atoms with Crippen molar-refractivity contribution in [1.82, 2.24) is 24.8 Å². The number of para-hydroxylation sites is 1. The molecule has 2 amide bonds. The summed E-state index contributed by atoms with van der Waals surface area (Å²) in [6.07, 6.45) is 7.87. The second-order valence-electron chi connectivity index (χ2n) is 9.00. The van der Waals surface area contributed by atoms with Crippen LogP contribution in [0.25, 0.3) is 22.3 Å². The predicted molar refractivity (Wildman–Crippen MR) is 136 cm³/mol. The molecule has 1 saturated heterocycles. The Labute approximate surface area is 203 Å². The fourth-order valence-electron chi connectivity index (χ4n) is 4.60. The number of nitrogens with zero attached hydrogens (tertiary/aromatic N) is 6. The van der Waals surface area contributed by atoms with Gasteiger partial charge in [0.15, 0.2) is 5.82 Å². The van der Waals surface area contributed by atoms with Gasteiger partial charge in [-0.15, -0.1) is 0 Å². The molecule has 1 saturated carbocycles. The maximum absolute atomic E-state index is 11.6. The average molecular weight is 467 g/mol. The molecule has 0 unspecified atom stereocenters. The molecule has 2 aliphatic rings. The van der Waals surface area contributed by atoms with Crippen molar-refractivity contribution in [2.75, 3.05) is 36.4 Å². The number of piperazine rings is 1. The van der Waals surface area contributed by atoms with Crippen molar-refractivity contribution in [3.8, 4) is 11.4 Å². The summed E-state index contributed by atoms with van der Waals surface area (Å²) in [5, 5.41) is 4.40. The van der Waals surface area contributed by atoms with E-state index in [0.717, 1.165) is 46.6 Å². The van der Waals surface area contributed by atoms with Gasteiger partial charge in [-0.25, -0.2) is 19.7 Å². The second-order valence-corrected chi connectivity index (χ2v) is 9.00. The molecule has 3 aromatic heterocycles. The molecule has 6 rings (SSSR count). The SMILES string of the molecule is NC(=O)N1CCN(c2nc(-c3ccnc(Nc4ccccc4)c3)nc3cncc(C4CC4)c23)CC1. The van der Waals surface area contributed by atoms with Crippen LogP contribution in [0.2, 0.25) is 0 Å². The van der Waals surface area contributed by atoms with Crippen molar-refractivity contribution >= 4 is 34.3 Å². The number of nitrogens with one attached hydrogen (secondary N) is 1. The molecular formula is C26H26N8O. The van der Waals surface area contributed by atoms with Crippen LogP contribution in [0.15, 0.2) is 61.1 Å². The van der Waals surface area contributed by atoms with Crippen LogP contribution in [0, 0.1) is 0 Å². The molecule has 0 radical (unpaired) electrons. The Kier molecular flexibility index (Phi) is 5.36. The van der Waals surface area contributed by atoms with Crippen LogP contribution < -0.4 is 16.0 Å². The summed E-state index contributed by atoms with van der Waals surface area (Å²) in [6, 6.07) is 13.4. The first-order valence-corrected chi connectivity index (χ1v) is 11.9. The number of pyridine rings is 2. The van der Waals surface area contributed by atoms with E-state index in [-0.39, 0.29) is 6.03 Å². The van der Waals surface area contributed by atoms with Crippen LogP contribution in [0.4, 0.5) is 22.1 Å². The van der Waals surface area contributed by atoms with Crippen LogP contribution in [0.5, 0.6) is 0 Å². The first-order valence-electron chi connectivity index (χ1n) is 11.9. The Balaban J connectivity index is 1.41. The number of rotatable bonds is 5. The van der Waals surface area contributed by atoms with Crippen molar-refractivity contribution in [2.24, 2.45) is 5.73 Å². The summed E-state index contributed by atoms with van der Waals surface area (Å²) in [6.45, 7) is 2.47. The minimum atomic E-state index is -0.379. The summed E-state index contributed by atoms with van der Waals surface area (Å²) in [5.74, 6) is 2.75. The maximum atomic E-state index is 11.6. The van der Waals surface area contributed by atoms with Crippen LogP contribution in [-0.4, -0.2) is 57.0 Å². The highest BCUT2D eigenvalue weighted by Gasteiger charge is 2.30. The number of primary amides is 1. The zero-order valence-corrected chi connectivity index (χ0v) is 19.3. The molecule has 1 aliphatic heterocycles. The van der Waals surface area contributed by atoms with Gasteiger partial charge >= 0.3 is 6.03 Å². The number of benzene rings is 1. The van der Waals surface area contributed by atoms with E-state index in [9.17, 15) is 4.79 Å². The lowest BCUT2D eigenvalue weighted by atomic mass is 10.1. The summed E-state index contributed by atoms with van der Waals surface area (Å²) in [5.41, 5.74) is 9.38. The van der Waals surface area contributed by atoms with Gasteiger partial charge in [0, 0.05) is 55.2 Å². The fourth-order valence-corrected chi connectivity index (χ4v) is 4.60. The van der Waals surface area contributed by atoms with E-state index < -0.39 is 0 Å². The molecule has 35 heavy (non-hydrogen) atoms. The van der Waals surface area contributed by atoms with Gasteiger partial charge in [-0.1, -0.05) is 18.2 Å². The number of carbonyl (C=O) groups is 1. The molecule has 2 fully saturated rings. The number of amides is 2. The topological polar surface area (TPSA) is 113 Å². The molecule has 176 valence electrons. The quantitative estimate of drug-likeness (QED) is 0.458. The molecular weight excluding hydrogens is 440 g/mol. The maximum Gasteiger partial charge on any atom is 0.314 e. The zero-order valence-electron chi connectivity index (χ0n) is 19.3. The van der Waals surface area contributed by atoms with Gasteiger partial charge in [0.05, 0.1) is 11.7 Å². The average Bonchev–Trinajstić information content (AvgIpc) is 3.74. The van der Waals surface area contributed by atoms with E-state index in [1.165, 1.54) is 5.56 Å². The number of aromatic nitrogens is 4. The number of nitrogens with two attached hydrogens (primary N) is 1. The number of carbonyl (C=O) groups excluding carboxylic acids is 1. The number of fused-ring (bicyclic) bond motifs is 1. The molecule has 3 N–H and O–H groups in total. The van der Waals surface area contributed by atoms with E-state index in [1.54, 1.807) is 11.1 Å². The summed E-state index contributed by atoms with van der Waals surface area (Å²) in [4.78, 5) is 34.5. The largest absolute Gasteiger partial charge is 0.352 e. The Bertz CT molecular complexity index is 1380. The van der Waals surface area contributed by atoms with Crippen LogP contribution in [-0.2, 0) is 0 Å². The van der Waals surface area contributed by atoms with Crippen molar-refractivity contribution in [3.63, 3.8) is 0 Å². The molecule has 1 aromatic carbocycles. The fraction of sp³-hybridized carbons (Fsp3) is 0.269. The summed E-state index contributed by atoms with van der Waals surface area (Å²) in [7, 11) is 0. The number of hydrogen-bond donors (Lipinski definition) is 2. The predicted octanol–water partition coefficient (Wildman–Crippen LogP) is 3.91. The van der Waals surface area contributed by atoms with E-state index in [1.807, 2.05) is 54.9 Å². The lowest BCUT2D eigenvalue weighted by molar-refractivity contribution is 0.204. The van der Waals surface area contributed by atoms with E-state index in [2.05, 4.69) is 20.2 Å². The zero-order chi connectivity index (χ0) is 23.8. The molecule has 4 aromatic rings. The van der Waals surface area contributed by atoms with Crippen molar-refractivity contribution in [3.05, 3.63) is 66.6 Å². The molecule has 9 nitrogen and oxygen atoms in total. The summed E-state index contributed by atoms with van der Waals surface area (Å²) < 4.78 is 0. The smallest absolute Gasteiger partial charge is 0.314 e. The highest BCUT2D eigenvalue weighted by Crippen LogP contribution is 2.45. The number of urea groups is 1. The van der Waals surface area contributed by atoms with Crippen LogP contribution in [0.1, 0.15) is 24.3 Å². The third kappa shape index (κ3) is 4.32. The van der Waals surface area contributed by atoms with Gasteiger partial charge in [-0.05, 0) is 48.6 Å². The molecule has 4 heterocycles. The molecule has 1 aliphatic carbocycles. The van der Waals surface area contributed by atoms with Crippen molar-refractivity contribution < 1.29 is 4.79 Å². The van der Waals surface area contributed by atoms with E-state index in [4.69, 9.17) is 15.7 Å². The monoisotopic (exact) mass is 466 g/mol. The molecule has 0 atom stereocenters. The number of hydrogen-bond acceptors (Lipinski definition) is 7. The van der Waals surface area contributed by atoms with Crippen molar-refractivity contribution in [1.29, 1.82) is 0 Å². The van der Waals surface area contributed by atoms with Gasteiger partial charge in [0.2, 0.25) is 0 Å². The molecule has 0 bridgehead atoms. The molecule has 9 heteroatoms. The third-order valence-corrected chi connectivity index (χ3v) is 6.59. The van der Waals surface area contributed by atoms with E-state index >= 15 is 0 Å². The van der Waals surface area contributed by atoms with Gasteiger partial charge in [-0.2, -0.15) is 0 Å².